The van der Waals surface area contributed by atoms with E-state index in [0.29, 0.717) is 6.42 Å². The fraction of sp³-hybridized carbons (Fsp3) is 0.429. The molecule has 3 heterocycles. The van der Waals surface area contributed by atoms with Gasteiger partial charge in [0.05, 0.1) is 7.11 Å². The van der Waals surface area contributed by atoms with Gasteiger partial charge >= 0.3 is 0 Å². The first kappa shape index (κ1) is 21.3. The number of aromatic amines is 1. The van der Waals surface area contributed by atoms with Gasteiger partial charge in [-0.1, -0.05) is 62.1 Å². The molecule has 1 saturated heterocycles. The highest BCUT2D eigenvalue weighted by Crippen LogP contribution is 2.45. The lowest BCUT2D eigenvalue weighted by Crippen LogP contribution is -2.64. The zero-order valence-electron chi connectivity index (χ0n) is 19.6. The Bertz CT molecular complexity index is 1240. The number of piperazine rings is 1. The van der Waals surface area contributed by atoms with E-state index in [9.17, 15) is 9.59 Å². The number of carbonyl (C=O) groups excluding carboxylic acids is 2. The van der Waals surface area contributed by atoms with Crippen LogP contribution in [-0.4, -0.2) is 52.3 Å². The summed E-state index contributed by atoms with van der Waals surface area (Å²) in [6.07, 6.45) is 7.24. The van der Waals surface area contributed by atoms with Gasteiger partial charge in [0.1, 0.15) is 24.4 Å². The second-order valence-electron chi connectivity index (χ2n) is 9.84. The van der Waals surface area contributed by atoms with E-state index in [2.05, 4.69) is 17.1 Å². The lowest BCUT2D eigenvalue weighted by Gasteiger charge is -2.48. The second kappa shape index (κ2) is 8.49. The van der Waals surface area contributed by atoms with E-state index in [-0.39, 0.29) is 30.4 Å². The first-order valence-electron chi connectivity index (χ1n) is 12.5. The standard InChI is InChI=1S/C28H31N3O3/c1-34-24-15-9-7-13-20(24)27-26-21(19-12-6-8-14-22(19)29-26)16-23-28(33)30(17-25(32)31(23)27)18-10-4-2-3-5-11-18/h6-9,12-15,18,23,27,29H,2-5,10-11,16-17H2,1H3/t23-,27-/m0/s1. The molecule has 2 amide bonds. The molecule has 0 bridgehead atoms. The van der Waals surface area contributed by atoms with Crippen LogP contribution in [0.5, 0.6) is 5.75 Å². The highest BCUT2D eigenvalue weighted by Gasteiger charge is 2.49. The molecule has 2 fully saturated rings. The summed E-state index contributed by atoms with van der Waals surface area (Å²) < 4.78 is 5.71. The third-order valence-corrected chi connectivity index (χ3v) is 7.99. The van der Waals surface area contributed by atoms with Crippen LogP contribution in [0.4, 0.5) is 0 Å². The van der Waals surface area contributed by atoms with Crippen molar-refractivity contribution in [3.63, 3.8) is 0 Å². The lowest BCUT2D eigenvalue weighted by atomic mass is 9.85. The van der Waals surface area contributed by atoms with E-state index < -0.39 is 6.04 Å². The van der Waals surface area contributed by atoms with E-state index in [0.717, 1.165) is 59.2 Å². The molecule has 1 aliphatic carbocycles. The molecule has 2 atom stereocenters. The van der Waals surface area contributed by atoms with E-state index in [4.69, 9.17) is 4.74 Å². The Kier molecular flexibility index (Phi) is 5.31. The van der Waals surface area contributed by atoms with Crippen LogP contribution in [0, 0.1) is 0 Å². The molecule has 0 unspecified atom stereocenters. The quantitative estimate of drug-likeness (QED) is 0.586. The summed E-state index contributed by atoms with van der Waals surface area (Å²) in [7, 11) is 1.65. The third kappa shape index (κ3) is 3.30. The number of aromatic nitrogens is 1. The number of H-pyrrole nitrogens is 1. The topological polar surface area (TPSA) is 65.6 Å². The molecule has 1 N–H and O–H groups in total. The number of fused-ring (bicyclic) bond motifs is 4. The van der Waals surface area contributed by atoms with Gasteiger partial charge < -0.3 is 19.5 Å². The first-order valence-corrected chi connectivity index (χ1v) is 12.5. The van der Waals surface area contributed by atoms with Crippen molar-refractivity contribution in [2.45, 2.75) is 63.1 Å². The molecule has 2 aliphatic heterocycles. The summed E-state index contributed by atoms with van der Waals surface area (Å²) in [5.74, 6) is 0.848. The maximum Gasteiger partial charge on any atom is 0.246 e. The maximum atomic E-state index is 14.0. The zero-order valence-corrected chi connectivity index (χ0v) is 19.6. The Labute approximate surface area is 199 Å². The Morgan fingerprint density at radius 2 is 1.68 bits per heavy atom. The van der Waals surface area contributed by atoms with Gasteiger partial charge in [-0.15, -0.1) is 0 Å². The number of methoxy groups -OCH3 is 1. The predicted molar refractivity (Wildman–Crippen MR) is 131 cm³/mol. The van der Waals surface area contributed by atoms with Crippen LogP contribution in [0.15, 0.2) is 48.5 Å². The smallest absolute Gasteiger partial charge is 0.246 e. The number of amides is 2. The minimum Gasteiger partial charge on any atom is -0.496 e. The lowest BCUT2D eigenvalue weighted by molar-refractivity contribution is -0.161. The normalized spacial score (nSPS) is 23.6. The van der Waals surface area contributed by atoms with E-state index in [1.807, 2.05) is 46.2 Å². The fourth-order valence-corrected chi connectivity index (χ4v) is 6.38. The van der Waals surface area contributed by atoms with Crippen molar-refractivity contribution < 1.29 is 14.3 Å². The Morgan fingerprint density at radius 1 is 0.941 bits per heavy atom. The molecule has 34 heavy (non-hydrogen) atoms. The van der Waals surface area contributed by atoms with Crippen LogP contribution >= 0.6 is 0 Å². The van der Waals surface area contributed by atoms with Crippen molar-refractivity contribution in [3.05, 3.63) is 65.4 Å². The number of nitrogens with one attached hydrogen (secondary N) is 1. The van der Waals surface area contributed by atoms with Gasteiger partial charge in [0.15, 0.2) is 0 Å². The summed E-state index contributed by atoms with van der Waals surface area (Å²) >= 11 is 0. The van der Waals surface area contributed by atoms with Gasteiger partial charge in [0.2, 0.25) is 11.8 Å². The number of carbonyl (C=O) groups is 2. The Hall–Kier alpha value is -3.28. The number of rotatable bonds is 3. The van der Waals surface area contributed by atoms with Crippen molar-refractivity contribution in [3.8, 4) is 5.75 Å². The van der Waals surface area contributed by atoms with Gasteiger partial charge in [-0.25, -0.2) is 0 Å². The Morgan fingerprint density at radius 3 is 2.47 bits per heavy atom. The summed E-state index contributed by atoms with van der Waals surface area (Å²) in [5, 5.41) is 1.13. The highest BCUT2D eigenvalue weighted by molar-refractivity contribution is 5.98. The number of hydrogen-bond acceptors (Lipinski definition) is 3. The van der Waals surface area contributed by atoms with Crippen LogP contribution in [-0.2, 0) is 16.0 Å². The van der Waals surface area contributed by atoms with Crippen molar-refractivity contribution in [1.82, 2.24) is 14.8 Å². The molecule has 0 radical (unpaired) electrons. The van der Waals surface area contributed by atoms with E-state index in [1.165, 1.54) is 12.8 Å². The van der Waals surface area contributed by atoms with Crippen molar-refractivity contribution in [2.24, 2.45) is 0 Å². The Balaban J connectivity index is 1.49. The SMILES string of the molecule is COc1ccccc1[C@H]1c2[nH]c3ccccc3c2C[C@H]2C(=O)N(C3CCCCCC3)CC(=O)N12. The van der Waals surface area contributed by atoms with Gasteiger partial charge in [0.25, 0.3) is 0 Å². The molecule has 1 saturated carbocycles. The zero-order chi connectivity index (χ0) is 23.2. The van der Waals surface area contributed by atoms with Crippen molar-refractivity contribution in [1.29, 1.82) is 0 Å². The van der Waals surface area contributed by atoms with Crippen LogP contribution < -0.4 is 4.74 Å². The monoisotopic (exact) mass is 457 g/mol. The predicted octanol–water partition coefficient (Wildman–Crippen LogP) is 4.58. The number of ether oxygens (including phenoxy) is 1. The molecule has 6 nitrogen and oxygen atoms in total. The van der Waals surface area contributed by atoms with Crippen LogP contribution in [0.25, 0.3) is 10.9 Å². The van der Waals surface area contributed by atoms with E-state index >= 15 is 0 Å². The van der Waals surface area contributed by atoms with Crippen LogP contribution in [0.3, 0.4) is 0 Å². The minimum atomic E-state index is -0.494. The van der Waals surface area contributed by atoms with Crippen LogP contribution in [0.2, 0.25) is 0 Å². The first-order chi connectivity index (χ1) is 16.7. The van der Waals surface area contributed by atoms with Crippen molar-refractivity contribution >= 4 is 22.7 Å². The fourth-order valence-electron chi connectivity index (χ4n) is 6.38. The number of nitrogens with zero attached hydrogens (tertiary/aromatic N) is 2. The summed E-state index contributed by atoms with van der Waals surface area (Å²) in [6.45, 7) is 0.168. The van der Waals surface area contributed by atoms with Gasteiger partial charge in [-0.3, -0.25) is 9.59 Å². The number of para-hydroxylation sites is 2. The molecule has 2 aromatic carbocycles. The minimum absolute atomic E-state index is 0.0223. The largest absolute Gasteiger partial charge is 0.496 e. The average molecular weight is 458 g/mol. The molecule has 176 valence electrons. The molecule has 0 spiro atoms. The van der Waals surface area contributed by atoms with E-state index in [1.54, 1.807) is 7.11 Å². The molecular weight excluding hydrogens is 426 g/mol. The molecule has 3 aromatic rings. The average Bonchev–Trinajstić information content (AvgIpc) is 3.03. The highest BCUT2D eigenvalue weighted by atomic mass is 16.5. The molecule has 1 aromatic heterocycles. The maximum absolute atomic E-state index is 14.0. The molecule has 6 heteroatoms. The number of hydrogen-bond donors (Lipinski definition) is 1. The van der Waals surface area contributed by atoms with Crippen molar-refractivity contribution in [2.75, 3.05) is 13.7 Å². The summed E-state index contributed by atoms with van der Waals surface area (Å²) in [6, 6.07) is 15.4. The molecule has 3 aliphatic rings. The van der Waals surface area contributed by atoms with Crippen LogP contribution in [0.1, 0.15) is 61.4 Å². The van der Waals surface area contributed by atoms with Gasteiger partial charge in [-0.2, -0.15) is 0 Å². The van der Waals surface area contributed by atoms with Gasteiger partial charge in [0, 0.05) is 34.6 Å². The summed E-state index contributed by atoms with van der Waals surface area (Å²) in [4.78, 5) is 35.1. The third-order valence-electron chi connectivity index (χ3n) is 7.99. The van der Waals surface area contributed by atoms with Gasteiger partial charge in [-0.05, 0) is 30.5 Å². The number of benzene rings is 2. The molecular formula is C28H31N3O3. The summed E-state index contributed by atoms with van der Waals surface area (Å²) in [5.41, 5.74) is 4.07. The second-order valence-corrected chi connectivity index (χ2v) is 9.84. The molecule has 6 rings (SSSR count).